The Hall–Kier alpha value is -2.42. The molecule has 0 aliphatic rings. The molecule has 2 heterocycles. The van der Waals surface area contributed by atoms with Gasteiger partial charge >= 0.3 is 0 Å². The fourth-order valence-electron chi connectivity index (χ4n) is 6.94. The summed E-state index contributed by atoms with van der Waals surface area (Å²) in [7, 11) is 0. The average molecular weight is 593 g/mol. The van der Waals surface area contributed by atoms with Crippen molar-refractivity contribution in [1.29, 1.82) is 0 Å². The van der Waals surface area contributed by atoms with Crippen molar-refractivity contribution in [2.45, 2.75) is 117 Å². The van der Waals surface area contributed by atoms with E-state index in [0.717, 1.165) is 0 Å². The van der Waals surface area contributed by atoms with Gasteiger partial charge in [-0.2, -0.15) is 0 Å². The second kappa shape index (κ2) is 14.4. The summed E-state index contributed by atoms with van der Waals surface area (Å²) in [6.45, 7) is 4.59. The van der Waals surface area contributed by atoms with Gasteiger partial charge in [-0.3, -0.25) is 0 Å². The summed E-state index contributed by atoms with van der Waals surface area (Å²) in [6, 6.07) is 24.1. The molecule has 220 valence electrons. The molecule has 0 aliphatic heterocycles. The minimum Gasteiger partial charge on any atom is -0.140 e. The van der Waals surface area contributed by atoms with Crippen LogP contribution in [0.5, 0.6) is 0 Å². The summed E-state index contributed by atoms with van der Waals surface area (Å²) in [5, 5.41) is 11.3. The molecule has 0 nitrogen and oxygen atoms in total. The van der Waals surface area contributed by atoms with Gasteiger partial charge < -0.3 is 0 Å². The fraction of sp³-hybridized carbons (Fsp3) is 0.450. The lowest BCUT2D eigenvalue weighted by atomic mass is 9.94. The van der Waals surface area contributed by atoms with Gasteiger partial charge in [0.15, 0.2) is 0 Å². The monoisotopic (exact) mass is 592 g/mol. The molecule has 0 spiro atoms. The third-order valence-electron chi connectivity index (χ3n) is 9.34. The molecular formula is C40H48S2. The van der Waals surface area contributed by atoms with Crippen LogP contribution in [0, 0.1) is 0 Å². The Morgan fingerprint density at radius 3 is 1.05 bits per heavy atom. The summed E-state index contributed by atoms with van der Waals surface area (Å²) in [5.74, 6) is 0. The number of hydrogen-bond donors (Lipinski definition) is 0. The third-order valence-corrected chi connectivity index (χ3v) is 11.7. The molecule has 0 bridgehead atoms. The van der Waals surface area contributed by atoms with Crippen LogP contribution >= 0.6 is 22.7 Å². The van der Waals surface area contributed by atoms with Crippen molar-refractivity contribution in [1.82, 2.24) is 0 Å². The van der Waals surface area contributed by atoms with Crippen molar-refractivity contribution in [3.05, 3.63) is 70.4 Å². The number of thiophene rings is 2. The van der Waals surface area contributed by atoms with Crippen LogP contribution in [0.3, 0.4) is 0 Å². The zero-order valence-electron chi connectivity index (χ0n) is 25.9. The van der Waals surface area contributed by atoms with Crippen LogP contribution in [0.2, 0.25) is 0 Å². The Bertz CT molecular complexity index is 1630. The maximum absolute atomic E-state index is 2.49. The SMILES string of the molecule is CCCCCCCCCc1cc2c(ccc3c2ccc2c4ccc5sc(CCCCCCCCC)cc5c4ccc32)s1. The standard InChI is InChI=1S/C40H48S2/c1-3-5-7-9-11-13-15-17-29-27-37-35-21-19-32-31(33(35)23-25-39(37)41-29)20-22-36-34(32)24-26-40-38(36)28-30(42-40)18-16-14-12-10-8-6-4-2/h19-28H,3-18H2,1-2H3. The molecular weight excluding hydrogens is 545 g/mol. The Balaban J connectivity index is 1.21. The molecule has 6 rings (SSSR count). The van der Waals surface area contributed by atoms with E-state index < -0.39 is 0 Å². The summed E-state index contributed by atoms with van der Waals surface area (Å²) in [4.78, 5) is 3.11. The second-order valence-electron chi connectivity index (χ2n) is 12.5. The smallest absolute Gasteiger partial charge is 0.0352 e. The second-order valence-corrected chi connectivity index (χ2v) is 14.9. The molecule has 0 atom stereocenters. The van der Waals surface area contributed by atoms with E-state index in [2.05, 4.69) is 74.5 Å². The topological polar surface area (TPSA) is 0 Å². The molecule has 0 aliphatic carbocycles. The average Bonchev–Trinajstić information content (AvgIpc) is 3.63. The van der Waals surface area contributed by atoms with Crippen LogP contribution in [0.25, 0.3) is 52.5 Å². The minimum atomic E-state index is 1.23. The van der Waals surface area contributed by atoms with Crippen LogP contribution in [-0.2, 0) is 12.8 Å². The molecule has 42 heavy (non-hydrogen) atoms. The Morgan fingerprint density at radius 1 is 0.357 bits per heavy atom. The zero-order valence-corrected chi connectivity index (χ0v) is 27.5. The largest absolute Gasteiger partial charge is 0.140 e. The van der Waals surface area contributed by atoms with Crippen LogP contribution in [0.15, 0.2) is 60.7 Å². The summed E-state index contributed by atoms with van der Waals surface area (Å²) >= 11 is 4.02. The normalized spacial score (nSPS) is 12.1. The highest BCUT2D eigenvalue weighted by Crippen LogP contribution is 2.40. The maximum Gasteiger partial charge on any atom is 0.0352 e. The molecule has 0 saturated heterocycles. The van der Waals surface area contributed by atoms with Crippen LogP contribution in [0.4, 0.5) is 0 Å². The molecule has 0 saturated carbocycles. The minimum absolute atomic E-state index is 1.23. The van der Waals surface area contributed by atoms with Crippen molar-refractivity contribution in [2.75, 3.05) is 0 Å². The van der Waals surface area contributed by atoms with Gasteiger partial charge in [-0.25, -0.2) is 0 Å². The number of aryl methyl sites for hydroxylation is 2. The van der Waals surface area contributed by atoms with Gasteiger partial charge in [-0.1, -0.05) is 127 Å². The quantitative estimate of drug-likeness (QED) is 0.0774. The van der Waals surface area contributed by atoms with E-state index in [1.807, 2.05) is 22.7 Å². The lowest BCUT2D eigenvalue weighted by Crippen LogP contribution is -1.83. The Labute approximate surface area is 261 Å². The van der Waals surface area contributed by atoms with E-state index >= 15 is 0 Å². The molecule has 6 aromatic rings. The Morgan fingerprint density at radius 2 is 0.667 bits per heavy atom. The zero-order chi connectivity index (χ0) is 28.7. The van der Waals surface area contributed by atoms with Crippen molar-refractivity contribution < 1.29 is 0 Å². The molecule has 2 aromatic heterocycles. The molecule has 2 heteroatoms. The predicted octanol–water partition coefficient (Wildman–Crippen LogP) is 14.2. The fourth-order valence-corrected chi connectivity index (χ4v) is 9.18. The van der Waals surface area contributed by atoms with Gasteiger partial charge in [0.05, 0.1) is 0 Å². The van der Waals surface area contributed by atoms with E-state index in [9.17, 15) is 0 Å². The van der Waals surface area contributed by atoms with E-state index in [0.29, 0.717) is 0 Å². The first-order chi connectivity index (χ1) is 20.8. The molecule has 0 unspecified atom stereocenters. The number of fused-ring (bicyclic) bond motifs is 9. The van der Waals surface area contributed by atoms with Crippen LogP contribution in [0.1, 0.15) is 113 Å². The number of rotatable bonds is 16. The molecule has 0 fully saturated rings. The Kier molecular flexibility index (Phi) is 10.1. The van der Waals surface area contributed by atoms with E-state index in [1.54, 1.807) is 9.75 Å². The van der Waals surface area contributed by atoms with Gasteiger partial charge in [0.2, 0.25) is 0 Å². The lowest BCUT2D eigenvalue weighted by Gasteiger charge is -2.09. The first-order valence-electron chi connectivity index (χ1n) is 17.0. The lowest BCUT2D eigenvalue weighted by molar-refractivity contribution is 0.590. The molecule has 0 radical (unpaired) electrons. The van der Waals surface area contributed by atoms with Crippen molar-refractivity contribution in [2.24, 2.45) is 0 Å². The van der Waals surface area contributed by atoms with Gasteiger partial charge in [-0.15, -0.1) is 22.7 Å². The highest BCUT2D eigenvalue weighted by molar-refractivity contribution is 7.19. The van der Waals surface area contributed by atoms with E-state index in [1.165, 1.54) is 155 Å². The first kappa shape index (κ1) is 29.6. The number of unbranched alkanes of at least 4 members (excludes halogenated alkanes) is 12. The van der Waals surface area contributed by atoms with Gasteiger partial charge in [0.25, 0.3) is 0 Å². The van der Waals surface area contributed by atoms with Gasteiger partial charge in [0.1, 0.15) is 0 Å². The van der Waals surface area contributed by atoms with Crippen LogP contribution in [-0.4, -0.2) is 0 Å². The summed E-state index contributed by atoms with van der Waals surface area (Å²) in [5.41, 5.74) is 0. The van der Waals surface area contributed by atoms with Gasteiger partial charge in [-0.05, 0) is 82.3 Å². The molecule has 0 N–H and O–H groups in total. The van der Waals surface area contributed by atoms with Crippen molar-refractivity contribution in [3.63, 3.8) is 0 Å². The molecule has 4 aromatic carbocycles. The van der Waals surface area contributed by atoms with E-state index in [4.69, 9.17) is 0 Å². The van der Waals surface area contributed by atoms with Crippen molar-refractivity contribution >= 4 is 75.2 Å². The summed E-state index contributed by atoms with van der Waals surface area (Å²) < 4.78 is 2.88. The maximum atomic E-state index is 2.49. The van der Waals surface area contributed by atoms with Crippen molar-refractivity contribution in [3.8, 4) is 0 Å². The predicted molar refractivity (Wildman–Crippen MR) is 193 cm³/mol. The number of benzene rings is 4. The highest BCUT2D eigenvalue weighted by Gasteiger charge is 2.12. The van der Waals surface area contributed by atoms with Crippen LogP contribution < -0.4 is 0 Å². The molecule has 0 amide bonds. The first-order valence-corrected chi connectivity index (χ1v) is 18.6. The number of hydrogen-bond acceptors (Lipinski definition) is 2. The summed E-state index contributed by atoms with van der Waals surface area (Å²) in [6.07, 6.45) is 21.7. The highest BCUT2D eigenvalue weighted by atomic mass is 32.1. The van der Waals surface area contributed by atoms with E-state index in [-0.39, 0.29) is 0 Å². The van der Waals surface area contributed by atoms with Gasteiger partial charge in [0, 0.05) is 29.9 Å². The third kappa shape index (κ3) is 6.56.